The first-order valence-electron chi connectivity index (χ1n) is 5.33. The van der Waals surface area contributed by atoms with Gasteiger partial charge in [0.15, 0.2) is 0 Å². The van der Waals surface area contributed by atoms with Crippen molar-refractivity contribution in [2.75, 3.05) is 18.0 Å². The number of piperidine rings is 1. The zero-order valence-electron chi connectivity index (χ0n) is 8.66. The van der Waals surface area contributed by atoms with Crippen LogP contribution in [-0.4, -0.2) is 23.1 Å². The van der Waals surface area contributed by atoms with Crippen molar-refractivity contribution in [3.63, 3.8) is 0 Å². The molecule has 0 saturated carbocycles. The van der Waals surface area contributed by atoms with Gasteiger partial charge in [-0.15, -0.1) is 0 Å². The van der Waals surface area contributed by atoms with E-state index in [0.29, 0.717) is 0 Å². The quantitative estimate of drug-likeness (QED) is 0.748. The summed E-state index contributed by atoms with van der Waals surface area (Å²) in [5, 5.41) is 0. The van der Waals surface area contributed by atoms with Gasteiger partial charge < -0.3 is 15.6 Å². The smallest absolute Gasteiger partial charge is 0.203 e. The van der Waals surface area contributed by atoms with Crippen LogP contribution in [0.15, 0.2) is 6.20 Å². The number of nitrogens with zero attached hydrogens (tertiary/aromatic N) is 2. The van der Waals surface area contributed by atoms with E-state index in [1.54, 1.807) is 0 Å². The predicted octanol–water partition coefficient (Wildman–Crippen LogP) is 1.42. The van der Waals surface area contributed by atoms with Gasteiger partial charge in [0.05, 0.1) is 11.9 Å². The number of aromatic nitrogens is 2. The SMILES string of the molecule is CC(N)c1cnc(N2CCCCC2)[nH]1. The van der Waals surface area contributed by atoms with Gasteiger partial charge in [-0.3, -0.25) is 0 Å². The van der Waals surface area contributed by atoms with Gasteiger partial charge in [0.25, 0.3) is 0 Å². The Labute approximate surface area is 84.5 Å². The van der Waals surface area contributed by atoms with Gasteiger partial charge >= 0.3 is 0 Å². The standard InChI is InChI=1S/C10H18N4/c1-8(11)9-7-12-10(13-9)14-5-3-2-4-6-14/h7-8H,2-6,11H2,1H3,(H,12,13). The van der Waals surface area contributed by atoms with Gasteiger partial charge in [0.2, 0.25) is 5.95 Å². The van der Waals surface area contributed by atoms with Crippen LogP contribution in [0.25, 0.3) is 0 Å². The van der Waals surface area contributed by atoms with E-state index in [1.165, 1.54) is 19.3 Å². The van der Waals surface area contributed by atoms with Crippen LogP contribution in [0.5, 0.6) is 0 Å². The van der Waals surface area contributed by atoms with Crippen molar-refractivity contribution in [3.05, 3.63) is 11.9 Å². The lowest BCUT2D eigenvalue weighted by Gasteiger charge is -2.26. The Morgan fingerprint density at radius 3 is 2.71 bits per heavy atom. The van der Waals surface area contributed by atoms with E-state index in [9.17, 15) is 0 Å². The average molecular weight is 194 g/mol. The highest BCUT2D eigenvalue weighted by Gasteiger charge is 2.14. The van der Waals surface area contributed by atoms with E-state index < -0.39 is 0 Å². The molecule has 0 bridgehead atoms. The number of hydrogen-bond donors (Lipinski definition) is 2. The zero-order chi connectivity index (χ0) is 9.97. The Hall–Kier alpha value is -1.03. The molecule has 2 rings (SSSR count). The van der Waals surface area contributed by atoms with E-state index in [2.05, 4.69) is 14.9 Å². The number of nitrogens with two attached hydrogens (primary N) is 1. The van der Waals surface area contributed by atoms with E-state index in [-0.39, 0.29) is 6.04 Å². The second-order valence-corrected chi connectivity index (χ2v) is 4.00. The molecule has 1 saturated heterocycles. The molecule has 1 aromatic heterocycles. The van der Waals surface area contributed by atoms with E-state index >= 15 is 0 Å². The third-order valence-corrected chi connectivity index (χ3v) is 2.73. The molecule has 1 aliphatic rings. The van der Waals surface area contributed by atoms with Crippen LogP contribution < -0.4 is 10.6 Å². The minimum absolute atomic E-state index is 0.0426. The molecule has 78 valence electrons. The van der Waals surface area contributed by atoms with Crippen LogP contribution in [0.2, 0.25) is 0 Å². The Kier molecular flexibility index (Phi) is 2.72. The summed E-state index contributed by atoms with van der Waals surface area (Å²) in [4.78, 5) is 9.92. The Balaban J connectivity index is 2.07. The molecule has 14 heavy (non-hydrogen) atoms. The summed E-state index contributed by atoms with van der Waals surface area (Å²) in [5.74, 6) is 0.983. The number of aromatic amines is 1. The number of imidazole rings is 1. The second kappa shape index (κ2) is 4.00. The van der Waals surface area contributed by atoms with Gasteiger partial charge in [-0.25, -0.2) is 4.98 Å². The lowest BCUT2D eigenvalue weighted by atomic mass is 10.1. The zero-order valence-corrected chi connectivity index (χ0v) is 8.66. The van der Waals surface area contributed by atoms with Crippen LogP contribution in [0.4, 0.5) is 5.95 Å². The molecule has 4 heteroatoms. The molecule has 0 amide bonds. The van der Waals surface area contributed by atoms with Crippen molar-refractivity contribution < 1.29 is 0 Å². The van der Waals surface area contributed by atoms with Crippen LogP contribution in [-0.2, 0) is 0 Å². The summed E-state index contributed by atoms with van der Waals surface area (Å²) in [6.45, 7) is 4.20. The molecule has 0 aromatic carbocycles. The molecule has 1 unspecified atom stereocenters. The number of anilines is 1. The maximum absolute atomic E-state index is 5.77. The van der Waals surface area contributed by atoms with Crippen LogP contribution in [0, 0.1) is 0 Å². The maximum Gasteiger partial charge on any atom is 0.203 e. The summed E-state index contributed by atoms with van der Waals surface area (Å²) in [6.07, 6.45) is 5.73. The minimum atomic E-state index is 0.0426. The highest BCUT2D eigenvalue weighted by atomic mass is 15.3. The van der Waals surface area contributed by atoms with E-state index in [4.69, 9.17) is 5.73 Å². The maximum atomic E-state index is 5.77. The summed E-state index contributed by atoms with van der Waals surface area (Å²) in [5.41, 5.74) is 6.79. The topological polar surface area (TPSA) is 57.9 Å². The molecule has 2 heterocycles. The van der Waals surface area contributed by atoms with Gasteiger partial charge in [-0.05, 0) is 26.2 Å². The molecular formula is C10H18N4. The Morgan fingerprint density at radius 1 is 1.43 bits per heavy atom. The molecule has 0 spiro atoms. The predicted molar refractivity (Wildman–Crippen MR) is 57.3 cm³/mol. The molecule has 0 radical (unpaired) electrons. The highest BCUT2D eigenvalue weighted by Crippen LogP contribution is 2.17. The largest absolute Gasteiger partial charge is 0.342 e. The first kappa shape index (κ1) is 9.52. The van der Waals surface area contributed by atoms with Crippen LogP contribution in [0.3, 0.4) is 0 Å². The van der Waals surface area contributed by atoms with Gasteiger partial charge in [-0.1, -0.05) is 0 Å². The number of rotatable bonds is 2. The monoisotopic (exact) mass is 194 g/mol. The highest BCUT2D eigenvalue weighted by molar-refractivity contribution is 5.32. The molecular weight excluding hydrogens is 176 g/mol. The molecule has 4 nitrogen and oxygen atoms in total. The number of H-pyrrole nitrogens is 1. The molecule has 1 aromatic rings. The van der Waals surface area contributed by atoms with Crippen molar-refractivity contribution in [2.24, 2.45) is 5.73 Å². The minimum Gasteiger partial charge on any atom is -0.342 e. The normalized spacial score (nSPS) is 19.7. The molecule has 1 atom stereocenters. The number of hydrogen-bond acceptors (Lipinski definition) is 3. The van der Waals surface area contributed by atoms with Gasteiger partial charge in [0, 0.05) is 19.1 Å². The van der Waals surface area contributed by atoms with Crippen molar-refractivity contribution in [2.45, 2.75) is 32.2 Å². The lowest BCUT2D eigenvalue weighted by Crippen LogP contribution is -2.30. The van der Waals surface area contributed by atoms with E-state index in [0.717, 1.165) is 24.7 Å². The van der Waals surface area contributed by atoms with Crippen molar-refractivity contribution >= 4 is 5.95 Å². The van der Waals surface area contributed by atoms with Gasteiger partial charge in [-0.2, -0.15) is 0 Å². The summed E-state index contributed by atoms with van der Waals surface area (Å²) >= 11 is 0. The molecule has 0 aliphatic carbocycles. The first-order valence-corrected chi connectivity index (χ1v) is 5.33. The third-order valence-electron chi connectivity index (χ3n) is 2.73. The fraction of sp³-hybridized carbons (Fsp3) is 0.700. The third kappa shape index (κ3) is 1.90. The average Bonchev–Trinajstić information content (AvgIpc) is 2.68. The Morgan fingerprint density at radius 2 is 2.14 bits per heavy atom. The van der Waals surface area contributed by atoms with Crippen molar-refractivity contribution in [3.8, 4) is 0 Å². The summed E-state index contributed by atoms with van der Waals surface area (Å²) in [6, 6.07) is 0.0426. The molecule has 1 fully saturated rings. The number of nitrogens with one attached hydrogen (secondary N) is 1. The van der Waals surface area contributed by atoms with Crippen LogP contribution in [0.1, 0.15) is 37.9 Å². The summed E-state index contributed by atoms with van der Waals surface area (Å²) in [7, 11) is 0. The van der Waals surface area contributed by atoms with E-state index in [1.807, 2.05) is 13.1 Å². The molecule has 3 N–H and O–H groups in total. The fourth-order valence-corrected chi connectivity index (χ4v) is 1.82. The first-order chi connectivity index (χ1) is 6.77. The van der Waals surface area contributed by atoms with Gasteiger partial charge in [0.1, 0.15) is 0 Å². The lowest BCUT2D eigenvalue weighted by molar-refractivity contribution is 0.569. The summed E-state index contributed by atoms with van der Waals surface area (Å²) < 4.78 is 0. The second-order valence-electron chi connectivity index (χ2n) is 4.00. The fourth-order valence-electron chi connectivity index (χ4n) is 1.82. The van der Waals surface area contributed by atoms with Crippen molar-refractivity contribution in [1.29, 1.82) is 0 Å². The Bertz CT molecular complexity index is 286. The molecule has 1 aliphatic heterocycles. The van der Waals surface area contributed by atoms with Crippen LogP contribution >= 0.6 is 0 Å². The van der Waals surface area contributed by atoms with Crippen molar-refractivity contribution in [1.82, 2.24) is 9.97 Å².